The van der Waals surface area contributed by atoms with Crippen LogP contribution < -0.4 is 0 Å². The van der Waals surface area contributed by atoms with Crippen molar-refractivity contribution in [1.29, 1.82) is 0 Å². The van der Waals surface area contributed by atoms with E-state index in [0.717, 1.165) is 12.5 Å². The van der Waals surface area contributed by atoms with Gasteiger partial charge < -0.3 is 8.85 Å². The van der Waals surface area contributed by atoms with E-state index in [1.165, 1.54) is 0 Å². The summed E-state index contributed by atoms with van der Waals surface area (Å²) in [6.07, 6.45) is 9.47. The number of allylic oxidation sites excluding steroid dienone is 4. The molecule has 0 N–H and O–H groups in total. The highest BCUT2D eigenvalue weighted by atomic mass is 79.9. The molecule has 0 aliphatic heterocycles. The average Bonchev–Trinajstić information content (AvgIpc) is 2.15. The van der Waals surface area contributed by atoms with E-state index in [1.807, 2.05) is 0 Å². The zero-order valence-electron chi connectivity index (χ0n) is 8.00. The van der Waals surface area contributed by atoms with Gasteiger partial charge >= 0.3 is 9.28 Å². The van der Waals surface area contributed by atoms with Crippen molar-refractivity contribution in [1.82, 2.24) is 0 Å². The summed E-state index contributed by atoms with van der Waals surface area (Å²) in [6.45, 7) is 0. The maximum Gasteiger partial charge on any atom is 0.322 e. The molecule has 0 aromatic carbocycles. The van der Waals surface area contributed by atoms with E-state index in [4.69, 9.17) is 8.85 Å². The third-order valence-corrected chi connectivity index (χ3v) is 5.75. The van der Waals surface area contributed by atoms with Crippen molar-refractivity contribution < 1.29 is 8.85 Å². The van der Waals surface area contributed by atoms with Gasteiger partial charge in [0.2, 0.25) is 0 Å². The van der Waals surface area contributed by atoms with Crippen molar-refractivity contribution in [2.75, 3.05) is 14.2 Å². The molecule has 0 aromatic rings. The maximum absolute atomic E-state index is 5.30. The molecule has 0 heterocycles. The van der Waals surface area contributed by atoms with Crippen molar-refractivity contribution >= 4 is 25.2 Å². The predicted molar refractivity (Wildman–Crippen MR) is 60.5 cm³/mol. The minimum Gasteiger partial charge on any atom is -0.400 e. The molecule has 0 fully saturated rings. The monoisotopic (exact) mass is 262 g/mol. The molecular formula is C9H15BrO2Si. The first kappa shape index (κ1) is 11.2. The van der Waals surface area contributed by atoms with E-state index in [2.05, 4.69) is 40.2 Å². The Labute approximate surface area is 89.6 Å². The summed E-state index contributed by atoms with van der Waals surface area (Å²) in [7, 11) is 1.98. The van der Waals surface area contributed by atoms with Crippen molar-refractivity contribution in [2.24, 2.45) is 0 Å². The Morgan fingerprint density at radius 2 is 2.08 bits per heavy atom. The molecule has 2 nitrogen and oxygen atoms in total. The molecule has 0 spiro atoms. The largest absolute Gasteiger partial charge is 0.400 e. The van der Waals surface area contributed by atoms with Gasteiger partial charge in [0.05, 0.1) is 0 Å². The maximum atomic E-state index is 5.30. The van der Waals surface area contributed by atoms with Gasteiger partial charge in [0.1, 0.15) is 0 Å². The van der Waals surface area contributed by atoms with Crippen molar-refractivity contribution in [3.05, 3.63) is 24.3 Å². The average molecular weight is 263 g/mol. The lowest BCUT2D eigenvalue weighted by Gasteiger charge is -2.26. The Balaban J connectivity index is 2.51. The molecular weight excluding hydrogens is 248 g/mol. The van der Waals surface area contributed by atoms with Gasteiger partial charge in [0.25, 0.3) is 0 Å². The van der Waals surface area contributed by atoms with Crippen LogP contribution in [0.2, 0.25) is 6.04 Å². The van der Waals surface area contributed by atoms with Gasteiger partial charge in [-0.15, -0.1) is 0 Å². The van der Waals surface area contributed by atoms with Crippen LogP contribution in [0, 0.1) is 0 Å². The molecule has 0 amide bonds. The van der Waals surface area contributed by atoms with Crippen LogP contribution in [0.25, 0.3) is 0 Å². The van der Waals surface area contributed by atoms with Crippen LogP contribution in [0.15, 0.2) is 24.3 Å². The van der Waals surface area contributed by atoms with Crippen molar-refractivity contribution in [2.45, 2.75) is 16.8 Å². The lowest BCUT2D eigenvalue weighted by atomic mass is 10.0. The predicted octanol–water partition coefficient (Wildman–Crippen LogP) is 2.15. The Kier molecular flexibility index (Phi) is 4.38. The number of rotatable bonds is 4. The molecule has 0 aromatic heterocycles. The third kappa shape index (κ3) is 3.38. The molecule has 1 atom stereocenters. The van der Waals surface area contributed by atoms with Crippen LogP contribution in [0.4, 0.5) is 0 Å². The first-order chi connectivity index (χ1) is 6.20. The van der Waals surface area contributed by atoms with Crippen LogP contribution in [0.5, 0.6) is 0 Å². The summed E-state index contributed by atoms with van der Waals surface area (Å²) in [5.41, 5.74) is 0. The van der Waals surface area contributed by atoms with E-state index in [-0.39, 0.29) is 4.32 Å². The van der Waals surface area contributed by atoms with Crippen LogP contribution in [-0.4, -0.2) is 27.8 Å². The first-order valence-corrected chi connectivity index (χ1v) is 6.84. The van der Waals surface area contributed by atoms with Gasteiger partial charge in [-0.2, -0.15) is 0 Å². The lowest BCUT2D eigenvalue weighted by Crippen LogP contribution is -2.30. The highest BCUT2D eigenvalue weighted by molar-refractivity contribution is 9.10. The second kappa shape index (κ2) is 5.10. The Bertz CT molecular complexity index is 214. The van der Waals surface area contributed by atoms with E-state index in [0.29, 0.717) is 0 Å². The number of alkyl halides is 1. The van der Waals surface area contributed by atoms with Crippen molar-refractivity contribution in [3.63, 3.8) is 0 Å². The number of hydrogen-bond acceptors (Lipinski definition) is 2. The van der Waals surface area contributed by atoms with Gasteiger partial charge in [0, 0.05) is 24.6 Å². The molecule has 4 heteroatoms. The van der Waals surface area contributed by atoms with Gasteiger partial charge in [-0.1, -0.05) is 40.2 Å². The van der Waals surface area contributed by atoms with Gasteiger partial charge in [-0.25, -0.2) is 0 Å². The number of halogens is 1. The smallest absolute Gasteiger partial charge is 0.322 e. The highest BCUT2D eigenvalue weighted by Gasteiger charge is 2.29. The van der Waals surface area contributed by atoms with Gasteiger partial charge in [-0.3, -0.25) is 0 Å². The molecule has 1 aliphatic rings. The Morgan fingerprint density at radius 1 is 1.38 bits per heavy atom. The lowest BCUT2D eigenvalue weighted by molar-refractivity contribution is 0.275. The summed E-state index contributed by atoms with van der Waals surface area (Å²) in [6, 6.07) is 0.959. The standard InChI is InChI=1S/C9H15BrO2Si/c1-11-13(12-2)8-9(10)6-4-3-5-7-9/h3-6,13H,7-8H2,1-2H3. The second-order valence-electron chi connectivity index (χ2n) is 3.13. The molecule has 1 unspecified atom stereocenters. The summed E-state index contributed by atoms with van der Waals surface area (Å²) in [4.78, 5) is 0. The summed E-state index contributed by atoms with van der Waals surface area (Å²) in [5, 5.41) is 0. The summed E-state index contributed by atoms with van der Waals surface area (Å²) in [5.74, 6) is 0. The van der Waals surface area contributed by atoms with Crippen LogP contribution in [-0.2, 0) is 8.85 Å². The van der Waals surface area contributed by atoms with E-state index < -0.39 is 9.28 Å². The molecule has 13 heavy (non-hydrogen) atoms. The quantitative estimate of drug-likeness (QED) is 0.571. The molecule has 0 saturated heterocycles. The zero-order chi connectivity index (χ0) is 9.73. The molecule has 0 radical (unpaired) electrons. The van der Waals surface area contributed by atoms with E-state index in [9.17, 15) is 0 Å². The molecule has 0 saturated carbocycles. The van der Waals surface area contributed by atoms with Crippen LogP contribution in [0.1, 0.15) is 6.42 Å². The second-order valence-corrected chi connectivity index (χ2v) is 6.92. The van der Waals surface area contributed by atoms with E-state index >= 15 is 0 Å². The topological polar surface area (TPSA) is 18.5 Å². The highest BCUT2D eigenvalue weighted by Crippen LogP contribution is 2.33. The fourth-order valence-electron chi connectivity index (χ4n) is 1.33. The zero-order valence-corrected chi connectivity index (χ0v) is 10.7. The normalized spacial score (nSPS) is 27.1. The molecule has 0 bridgehead atoms. The fourth-order valence-corrected chi connectivity index (χ4v) is 3.85. The van der Waals surface area contributed by atoms with E-state index in [1.54, 1.807) is 14.2 Å². The molecule has 1 rings (SSSR count). The minimum atomic E-state index is -1.46. The molecule has 74 valence electrons. The summed E-state index contributed by atoms with van der Waals surface area (Å²) >= 11 is 3.71. The number of hydrogen-bond donors (Lipinski definition) is 0. The van der Waals surface area contributed by atoms with Crippen LogP contribution in [0.3, 0.4) is 0 Å². The first-order valence-electron chi connectivity index (χ1n) is 4.29. The Morgan fingerprint density at radius 3 is 2.54 bits per heavy atom. The summed E-state index contributed by atoms with van der Waals surface area (Å²) < 4.78 is 10.7. The van der Waals surface area contributed by atoms with Gasteiger partial charge in [-0.05, 0) is 6.42 Å². The SMILES string of the molecule is CO[SiH](CC1(Br)C=CC=CC1)OC. The minimum absolute atomic E-state index is 0.0602. The molecule has 1 aliphatic carbocycles. The van der Waals surface area contributed by atoms with Gasteiger partial charge in [0.15, 0.2) is 0 Å². The van der Waals surface area contributed by atoms with Crippen LogP contribution >= 0.6 is 15.9 Å². The fraction of sp³-hybridized carbons (Fsp3) is 0.556. The Hall–Kier alpha value is 0.0969. The van der Waals surface area contributed by atoms with Crippen molar-refractivity contribution in [3.8, 4) is 0 Å². The third-order valence-electron chi connectivity index (χ3n) is 2.13.